The zero-order valence-electron chi connectivity index (χ0n) is 12.2. The number of hydrogen-bond acceptors (Lipinski definition) is 3. The van der Waals surface area contributed by atoms with Crippen molar-refractivity contribution in [1.82, 2.24) is 9.88 Å². The number of aromatic nitrogens is 1. The maximum atomic E-state index is 14.1. The van der Waals surface area contributed by atoms with Crippen LogP contribution in [0.5, 0.6) is 0 Å². The lowest BCUT2D eigenvalue weighted by atomic mass is 9.98. The molecule has 4 nitrogen and oxygen atoms in total. The summed E-state index contributed by atoms with van der Waals surface area (Å²) in [5, 5.41) is 3.02. The highest BCUT2D eigenvalue weighted by Gasteiger charge is 2.24. The van der Waals surface area contributed by atoms with Crippen LogP contribution in [-0.2, 0) is 0 Å². The third-order valence-corrected chi connectivity index (χ3v) is 4.83. The van der Waals surface area contributed by atoms with Crippen molar-refractivity contribution in [2.75, 3.05) is 11.9 Å². The molecule has 0 saturated heterocycles. The quantitative estimate of drug-likeness (QED) is 0.733. The average Bonchev–Trinajstić information content (AvgIpc) is 2.93. The van der Waals surface area contributed by atoms with E-state index >= 15 is 0 Å². The van der Waals surface area contributed by atoms with Gasteiger partial charge in [-0.15, -0.1) is 0 Å². The Kier molecular flexibility index (Phi) is 4.58. The van der Waals surface area contributed by atoms with Crippen molar-refractivity contribution in [3.8, 4) is 0 Å². The molecule has 0 aliphatic carbocycles. The maximum Gasteiger partial charge on any atom is 0.330 e. The molecule has 1 aliphatic heterocycles. The molecule has 1 aromatic heterocycles. The number of anilines is 1. The molecular weight excluding hydrogens is 381 g/mol. The lowest BCUT2D eigenvalue weighted by Crippen LogP contribution is -2.35. The molecule has 0 radical (unpaired) electrons. The number of nitrogens with one attached hydrogen (secondary N) is 1. The predicted molar refractivity (Wildman–Crippen MR) is 93.9 cm³/mol. The number of carbonyl (C=O) groups is 1. The Morgan fingerprint density at radius 1 is 1.39 bits per heavy atom. The number of rotatable bonds is 2. The van der Waals surface area contributed by atoms with Gasteiger partial charge in [-0.1, -0.05) is 41.7 Å². The number of carbonyl (C=O) groups excluding carboxylic acids is 1. The summed E-state index contributed by atoms with van der Waals surface area (Å²) in [6.07, 6.45) is 4.60. The molecule has 1 aliphatic rings. The second-order valence-corrected chi connectivity index (χ2v) is 7.39. The van der Waals surface area contributed by atoms with E-state index in [0.29, 0.717) is 5.13 Å². The smallest absolute Gasteiger partial charge is 0.283 e. The molecule has 1 aromatic carbocycles. The molecule has 2 heterocycles. The molecule has 0 unspecified atom stereocenters. The van der Waals surface area contributed by atoms with Gasteiger partial charge >= 0.3 is 6.03 Å². The molecule has 0 saturated carbocycles. The first-order chi connectivity index (χ1) is 11.0. The minimum atomic E-state index is -0.588. The van der Waals surface area contributed by atoms with Gasteiger partial charge in [-0.3, -0.25) is 10.2 Å². The molecule has 0 bridgehead atoms. The number of nitrogens with zero attached hydrogens (tertiary/aromatic N) is 2. The zero-order valence-corrected chi connectivity index (χ0v) is 14.6. The largest absolute Gasteiger partial charge is 0.330 e. The summed E-state index contributed by atoms with van der Waals surface area (Å²) in [7, 11) is 0. The van der Waals surface area contributed by atoms with E-state index in [1.165, 1.54) is 17.4 Å². The van der Waals surface area contributed by atoms with Crippen LogP contribution in [0.2, 0.25) is 0 Å². The Bertz CT molecular complexity index is 815. The molecule has 0 fully saturated rings. The van der Waals surface area contributed by atoms with Crippen LogP contribution in [0, 0.1) is 6.92 Å². The van der Waals surface area contributed by atoms with E-state index < -0.39 is 12.0 Å². The summed E-state index contributed by atoms with van der Waals surface area (Å²) in [6, 6.07) is 7.28. The highest BCUT2D eigenvalue weighted by atomic mass is 79.9. The average molecular weight is 394 g/mol. The molecule has 3 rings (SSSR count). The lowest BCUT2D eigenvalue weighted by molar-refractivity contribution is 0.218. The highest BCUT2D eigenvalue weighted by Crippen LogP contribution is 2.28. The number of aryl methyl sites for hydroxylation is 1. The van der Waals surface area contributed by atoms with Crippen molar-refractivity contribution in [2.45, 2.75) is 6.92 Å². The number of allylic oxidation sites excluding steroid dienone is 2. The van der Waals surface area contributed by atoms with Crippen LogP contribution in [0.1, 0.15) is 11.1 Å². The van der Waals surface area contributed by atoms with Gasteiger partial charge in [-0.2, -0.15) is 4.39 Å². The first kappa shape index (κ1) is 15.9. The van der Waals surface area contributed by atoms with Crippen LogP contribution in [0.15, 0.2) is 52.4 Å². The highest BCUT2D eigenvalue weighted by molar-refractivity contribution is 9.11. The van der Waals surface area contributed by atoms with E-state index in [9.17, 15) is 9.18 Å². The first-order valence-corrected chi connectivity index (χ1v) is 8.48. The van der Waals surface area contributed by atoms with Crippen molar-refractivity contribution < 1.29 is 9.18 Å². The fourth-order valence-corrected chi connectivity index (χ4v) is 3.40. The number of urea groups is 1. The topological polar surface area (TPSA) is 45.2 Å². The summed E-state index contributed by atoms with van der Waals surface area (Å²) in [6.45, 7) is 2.16. The summed E-state index contributed by atoms with van der Waals surface area (Å²) in [5.74, 6) is -0.588. The molecule has 0 spiro atoms. The normalized spacial score (nSPS) is 14.3. The summed E-state index contributed by atoms with van der Waals surface area (Å²) >= 11 is 4.55. The minimum Gasteiger partial charge on any atom is -0.283 e. The van der Waals surface area contributed by atoms with E-state index in [-0.39, 0.29) is 6.54 Å². The molecule has 2 amide bonds. The SMILES string of the molecule is Cc1ccccc1C1=CC=C(F)N(C(=O)Nc2ncc(Br)s2)C1. The van der Waals surface area contributed by atoms with Crippen molar-refractivity contribution >= 4 is 44.0 Å². The third-order valence-electron chi connectivity index (χ3n) is 3.44. The number of benzene rings is 1. The zero-order chi connectivity index (χ0) is 16.4. The predicted octanol–water partition coefficient (Wildman–Crippen LogP) is 4.96. The van der Waals surface area contributed by atoms with Crippen LogP contribution < -0.4 is 5.32 Å². The lowest BCUT2D eigenvalue weighted by Gasteiger charge is -2.25. The van der Waals surface area contributed by atoms with Gasteiger partial charge in [0.05, 0.1) is 16.5 Å². The van der Waals surface area contributed by atoms with Crippen molar-refractivity contribution in [2.24, 2.45) is 0 Å². The van der Waals surface area contributed by atoms with Crippen molar-refractivity contribution in [3.63, 3.8) is 0 Å². The summed E-state index contributed by atoms with van der Waals surface area (Å²) in [5.41, 5.74) is 2.98. The van der Waals surface area contributed by atoms with E-state index in [0.717, 1.165) is 25.4 Å². The standard InChI is InChI=1S/C16H13BrFN3OS/c1-10-4-2-3-5-12(10)11-6-7-14(18)21(9-11)16(22)20-15-19-8-13(17)23-15/h2-8H,9H2,1H3,(H,19,20,22). The molecule has 23 heavy (non-hydrogen) atoms. The van der Waals surface area contributed by atoms with E-state index in [1.54, 1.807) is 12.3 Å². The van der Waals surface area contributed by atoms with Crippen LogP contribution in [-0.4, -0.2) is 22.5 Å². The number of thiazole rings is 1. The Morgan fingerprint density at radius 3 is 2.87 bits per heavy atom. The fourth-order valence-electron chi connectivity index (χ4n) is 2.31. The number of amides is 2. The van der Waals surface area contributed by atoms with Gasteiger partial charge < -0.3 is 0 Å². The fraction of sp³-hybridized carbons (Fsp3) is 0.125. The Hall–Kier alpha value is -1.99. The van der Waals surface area contributed by atoms with E-state index in [4.69, 9.17) is 0 Å². The van der Waals surface area contributed by atoms with E-state index in [1.807, 2.05) is 31.2 Å². The van der Waals surface area contributed by atoms with Gasteiger partial charge in [0.1, 0.15) is 0 Å². The van der Waals surface area contributed by atoms with Crippen molar-refractivity contribution in [3.05, 3.63) is 63.5 Å². The molecular formula is C16H13BrFN3OS. The van der Waals surface area contributed by atoms with Crippen LogP contribution >= 0.6 is 27.3 Å². The molecule has 2 aromatic rings. The monoisotopic (exact) mass is 393 g/mol. The van der Waals surface area contributed by atoms with Crippen LogP contribution in [0.3, 0.4) is 0 Å². The van der Waals surface area contributed by atoms with Gasteiger partial charge in [0.25, 0.3) is 0 Å². The molecule has 118 valence electrons. The van der Waals surface area contributed by atoms with Crippen LogP contribution in [0.25, 0.3) is 5.57 Å². The molecule has 0 atom stereocenters. The summed E-state index contributed by atoms with van der Waals surface area (Å²) < 4.78 is 14.8. The van der Waals surface area contributed by atoms with Gasteiger partial charge in [0, 0.05) is 0 Å². The van der Waals surface area contributed by atoms with Crippen LogP contribution in [0.4, 0.5) is 14.3 Å². The van der Waals surface area contributed by atoms with Gasteiger partial charge in [-0.25, -0.2) is 9.78 Å². The number of hydrogen-bond donors (Lipinski definition) is 1. The summed E-state index contributed by atoms with van der Waals surface area (Å²) in [4.78, 5) is 17.4. The second kappa shape index (κ2) is 6.64. The van der Waals surface area contributed by atoms with Gasteiger partial charge in [0.2, 0.25) is 0 Å². The van der Waals surface area contributed by atoms with Gasteiger partial charge in [0.15, 0.2) is 11.1 Å². The third kappa shape index (κ3) is 3.51. The minimum absolute atomic E-state index is 0.172. The second-order valence-electron chi connectivity index (χ2n) is 4.98. The van der Waals surface area contributed by atoms with E-state index in [2.05, 4.69) is 26.2 Å². The molecule has 1 N–H and O–H groups in total. The van der Waals surface area contributed by atoms with Crippen molar-refractivity contribution in [1.29, 1.82) is 0 Å². The first-order valence-electron chi connectivity index (χ1n) is 6.87. The maximum absolute atomic E-state index is 14.1. The Labute approximate surface area is 145 Å². The molecule has 7 heteroatoms. The Morgan fingerprint density at radius 2 is 2.17 bits per heavy atom. The van der Waals surface area contributed by atoms with Gasteiger partial charge in [-0.05, 0) is 45.6 Å². The Balaban J connectivity index is 1.79. The number of halogens is 2.